The largest absolute Gasteiger partial charge is 0.456 e. The van der Waals surface area contributed by atoms with Gasteiger partial charge in [0, 0.05) is 22.7 Å². The first-order valence-corrected chi connectivity index (χ1v) is 5.84. The number of hydrogen-bond acceptors (Lipinski definition) is 2. The average Bonchev–Trinajstić information content (AvgIpc) is 2.78. The number of aryl methyl sites for hydroxylation is 2. The van der Waals surface area contributed by atoms with E-state index in [1.807, 2.05) is 37.3 Å². The summed E-state index contributed by atoms with van der Waals surface area (Å²) in [5.74, 6) is 0.777. The van der Waals surface area contributed by atoms with Gasteiger partial charge in [-0.1, -0.05) is 18.2 Å². The van der Waals surface area contributed by atoms with Gasteiger partial charge in [-0.05, 0) is 31.5 Å². The Morgan fingerprint density at radius 3 is 2.67 bits per heavy atom. The Labute approximate surface area is 104 Å². The zero-order valence-corrected chi connectivity index (χ0v) is 10.3. The van der Waals surface area contributed by atoms with Crippen molar-refractivity contribution in [3.05, 3.63) is 58.0 Å². The van der Waals surface area contributed by atoms with Gasteiger partial charge < -0.3 is 9.40 Å². The maximum Gasteiger partial charge on any atom is 0.250 e. The molecule has 0 radical (unpaired) electrons. The Kier molecular flexibility index (Phi) is 2.33. The van der Waals surface area contributed by atoms with Crippen LogP contribution in [0.2, 0.25) is 0 Å². The van der Waals surface area contributed by atoms with Crippen LogP contribution in [0.25, 0.3) is 22.3 Å². The number of aromatic nitrogens is 1. The summed E-state index contributed by atoms with van der Waals surface area (Å²) >= 11 is 0. The van der Waals surface area contributed by atoms with Gasteiger partial charge in [0.1, 0.15) is 11.3 Å². The molecular weight excluding hydrogens is 226 g/mol. The maximum absolute atomic E-state index is 11.3. The molecule has 0 atom stereocenters. The molecule has 0 spiro atoms. The molecule has 3 heteroatoms. The highest BCUT2D eigenvalue weighted by Gasteiger charge is 2.08. The second kappa shape index (κ2) is 3.88. The normalized spacial score (nSPS) is 11.0. The Bertz CT molecular complexity index is 781. The van der Waals surface area contributed by atoms with Crippen molar-refractivity contribution in [2.75, 3.05) is 0 Å². The fourth-order valence-electron chi connectivity index (χ4n) is 2.09. The van der Waals surface area contributed by atoms with Crippen LogP contribution >= 0.6 is 0 Å². The van der Waals surface area contributed by atoms with E-state index in [1.165, 1.54) is 0 Å². The highest BCUT2D eigenvalue weighted by Crippen LogP contribution is 2.29. The molecule has 3 aromatic rings. The fourth-order valence-corrected chi connectivity index (χ4v) is 2.09. The lowest BCUT2D eigenvalue weighted by atomic mass is 10.1. The molecule has 3 rings (SSSR count). The van der Waals surface area contributed by atoms with E-state index in [0.29, 0.717) is 5.56 Å². The Morgan fingerprint density at radius 1 is 1.11 bits per heavy atom. The fraction of sp³-hybridized carbons (Fsp3) is 0.133. The van der Waals surface area contributed by atoms with Crippen LogP contribution in [0.5, 0.6) is 0 Å². The molecule has 2 heterocycles. The number of aromatic amines is 1. The summed E-state index contributed by atoms with van der Waals surface area (Å²) in [5, 5.41) is 1.08. The summed E-state index contributed by atoms with van der Waals surface area (Å²) in [6.45, 7) is 3.81. The second-order valence-corrected chi connectivity index (χ2v) is 4.50. The quantitative estimate of drug-likeness (QED) is 0.707. The van der Waals surface area contributed by atoms with Crippen LogP contribution in [0.1, 0.15) is 11.1 Å². The number of nitrogens with one attached hydrogen (secondary N) is 1. The van der Waals surface area contributed by atoms with Gasteiger partial charge in [-0.3, -0.25) is 4.79 Å². The van der Waals surface area contributed by atoms with Crippen LogP contribution in [0.3, 0.4) is 0 Å². The van der Waals surface area contributed by atoms with Gasteiger partial charge in [-0.2, -0.15) is 0 Å². The molecule has 0 fully saturated rings. The van der Waals surface area contributed by atoms with E-state index < -0.39 is 0 Å². The molecular formula is C15H13NO2. The molecule has 18 heavy (non-hydrogen) atoms. The Hall–Kier alpha value is -2.29. The molecule has 2 aromatic heterocycles. The van der Waals surface area contributed by atoms with Crippen molar-refractivity contribution in [2.24, 2.45) is 0 Å². The first-order valence-electron chi connectivity index (χ1n) is 5.84. The van der Waals surface area contributed by atoms with Crippen molar-refractivity contribution in [1.82, 2.24) is 4.98 Å². The number of para-hydroxylation sites is 1. The number of fused-ring (bicyclic) bond motifs is 1. The number of benzene rings is 1. The van der Waals surface area contributed by atoms with Gasteiger partial charge in [0.2, 0.25) is 0 Å². The molecule has 1 N–H and O–H groups in total. The molecule has 0 aliphatic heterocycles. The van der Waals surface area contributed by atoms with E-state index in [2.05, 4.69) is 4.98 Å². The van der Waals surface area contributed by atoms with Gasteiger partial charge in [0.05, 0.1) is 0 Å². The number of hydrogen-bond donors (Lipinski definition) is 1. The van der Waals surface area contributed by atoms with Gasteiger partial charge in [0.25, 0.3) is 5.56 Å². The number of furan rings is 1. The zero-order valence-electron chi connectivity index (χ0n) is 10.3. The lowest BCUT2D eigenvalue weighted by Crippen LogP contribution is -2.07. The summed E-state index contributed by atoms with van der Waals surface area (Å²) in [6, 6.07) is 9.89. The molecule has 0 unspecified atom stereocenters. The molecule has 0 aliphatic carbocycles. The van der Waals surface area contributed by atoms with E-state index in [0.717, 1.165) is 27.9 Å². The minimum Gasteiger partial charge on any atom is -0.456 e. The maximum atomic E-state index is 11.3. The summed E-state index contributed by atoms with van der Waals surface area (Å²) in [4.78, 5) is 14.1. The van der Waals surface area contributed by atoms with E-state index in [4.69, 9.17) is 4.42 Å². The van der Waals surface area contributed by atoms with Crippen molar-refractivity contribution in [2.45, 2.75) is 13.8 Å². The molecule has 0 aliphatic rings. The number of rotatable bonds is 1. The smallest absolute Gasteiger partial charge is 0.250 e. The molecule has 1 aromatic carbocycles. The Balaban J connectivity index is 2.22. The van der Waals surface area contributed by atoms with Gasteiger partial charge in [0.15, 0.2) is 0 Å². The summed E-state index contributed by atoms with van der Waals surface area (Å²) < 4.78 is 5.86. The topological polar surface area (TPSA) is 46.0 Å². The van der Waals surface area contributed by atoms with Crippen molar-refractivity contribution in [3.63, 3.8) is 0 Å². The summed E-state index contributed by atoms with van der Waals surface area (Å²) in [5.41, 5.74) is 3.52. The number of H-pyrrole nitrogens is 1. The number of pyridine rings is 1. The van der Waals surface area contributed by atoms with Crippen LogP contribution in [-0.2, 0) is 0 Å². The molecule has 0 bridgehead atoms. The van der Waals surface area contributed by atoms with Crippen molar-refractivity contribution < 1.29 is 4.42 Å². The van der Waals surface area contributed by atoms with Crippen LogP contribution in [0.15, 0.2) is 45.7 Å². The van der Waals surface area contributed by atoms with Gasteiger partial charge in [-0.15, -0.1) is 0 Å². The highest BCUT2D eigenvalue weighted by atomic mass is 16.3. The van der Waals surface area contributed by atoms with Crippen LogP contribution in [-0.4, -0.2) is 4.98 Å². The average molecular weight is 239 g/mol. The summed E-state index contributed by atoms with van der Waals surface area (Å²) in [7, 11) is 0. The highest BCUT2D eigenvalue weighted by molar-refractivity contribution is 5.85. The lowest BCUT2D eigenvalue weighted by molar-refractivity contribution is 0.628. The molecule has 0 saturated heterocycles. The first-order chi connectivity index (χ1) is 8.65. The minimum absolute atomic E-state index is 0.0639. The van der Waals surface area contributed by atoms with Crippen molar-refractivity contribution in [3.8, 4) is 11.3 Å². The molecule has 0 saturated carbocycles. The predicted octanol–water partition coefficient (Wildman–Crippen LogP) is 3.40. The standard InChI is InChI=1S/C15H13NO2/c1-9-4-3-5-11-7-13(18-14(9)11)12-6-10(2)15(17)16-8-12/h3-8H,1-2H3,(H,16,17). The van der Waals surface area contributed by atoms with Crippen molar-refractivity contribution in [1.29, 1.82) is 0 Å². The zero-order chi connectivity index (χ0) is 12.7. The third-order valence-corrected chi connectivity index (χ3v) is 3.11. The molecule has 0 amide bonds. The monoisotopic (exact) mass is 239 g/mol. The third kappa shape index (κ3) is 1.64. The van der Waals surface area contributed by atoms with Gasteiger partial charge >= 0.3 is 0 Å². The van der Waals surface area contributed by atoms with E-state index in [-0.39, 0.29) is 5.56 Å². The van der Waals surface area contributed by atoms with Crippen LogP contribution < -0.4 is 5.56 Å². The summed E-state index contributed by atoms with van der Waals surface area (Å²) in [6.07, 6.45) is 1.68. The second-order valence-electron chi connectivity index (χ2n) is 4.50. The van der Waals surface area contributed by atoms with E-state index in [1.54, 1.807) is 13.1 Å². The van der Waals surface area contributed by atoms with Crippen LogP contribution in [0.4, 0.5) is 0 Å². The first kappa shape index (κ1) is 10.8. The van der Waals surface area contributed by atoms with Crippen molar-refractivity contribution >= 4 is 11.0 Å². The third-order valence-electron chi connectivity index (χ3n) is 3.11. The minimum atomic E-state index is -0.0639. The predicted molar refractivity (Wildman–Crippen MR) is 71.7 cm³/mol. The molecule has 90 valence electrons. The molecule has 3 nitrogen and oxygen atoms in total. The van der Waals surface area contributed by atoms with Gasteiger partial charge in [-0.25, -0.2) is 0 Å². The lowest BCUT2D eigenvalue weighted by Gasteiger charge is -1.97. The van der Waals surface area contributed by atoms with E-state index in [9.17, 15) is 4.79 Å². The van der Waals surface area contributed by atoms with E-state index >= 15 is 0 Å². The Morgan fingerprint density at radius 2 is 1.94 bits per heavy atom. The SMILES string of the molecule is Cc1cc(-c2cc3cccc(C)c3o2)c[nH]c1=O. The van der Waals surface area contributed by atoms with Crippen LogP contribution in [0, 0.1) is 13.8 Å².